The van der Waals surface area contributed by atoms with Crippen LogP contribution in [0.5, 0.6) is 0 Å². The number of rotatable bonds is 4. The lowest BCUT2D eigenvalue weighted by molar-refractivity contribution is -0.117. The fourth-order valence-corrected chi connectivity index (χ4v) is 2.35. The van der Waals surface area contributed by atoms with Gasteiger partial charge in [0.15, 0.2) is 0 Å². The van der Waals surface area contributed by atoms with Crippen molar-refractivity contribution < 1.29 is 9.59 Å². The summed E-state index contributed by atoms with van der Waals surface area (Å²) in [5.74, 6) is -0.701. The molecular weight excluding hydrogens is 368 g/mol. The molecular formula is C16H14BrClN2O2. The highest BCUT2D eigenvalue weighted by Crippen LogP contribution is 2.21. The molecule has 2 aromatic carbocycles. The molecule has 0 bridgehead atoms. The Balaban J connectivity index is 2.01. The number of hydrogen-bond donors (Lipinski definition) is 2. The highest BCUT2D eigenvalue weighted by Gasteiger charge is 2.18. The van der Waals surface area contributed by atoms with Crippen LogP contribution in [0.2, 0.25) is 5.02 Å². The topological polar surface area (TPSA) is 58.2 Å². The van der Waals surface area contributed by atoms with Gasteiger partial charge < -0.3 is 10.6 Å². The number of halogens is 2. The lowest BCUT2D eigenvalue weighted by Gasteiger charge is -2.15. The van der Waals surface area contributed by atoms with Gasteiger partial charge in [-0.05, 0) is 37.3 Å². The van der Waals surface area contributed by atoms with Gasteiger partial charge in [0.05, 0.1) is 10.6 Å². The zero-order valence-electron chi connectivity index (χ0n) is 11.8. The molecule has 22 heavy (non-hydrogen) atoms. The van der Waals surface area contributed by atoms with Crippen LogP contribution in [0.25, 0.3) is 0 Å². The SMILES string of the molecule is CC(NC(=O)c1cc(Br)ccc1Cl)C(=O)Nc1ccccc1. The van der Waals surface area contributed by atoms with Crippen LogP contribution in [0.4, 0.5) is 5.69 Å². The summed E-state index contributed by atoms with van der Waals surface area (Å²) < 4.78 is 0.739. The molecule has 1 atom stereocenters. The first-order valence-electron chi connectivity index (χ1n) is 6.59. The maximum absolute atomic E-state index is 12.2. The van der Waals surface area contributed by atoms with E-state index < -0.39 is 11.9 Å². The van der Waals surface area contributed by atoms with Crippen LogP contribution in [0, 0.1) is 0 Å². The van der Waals surface area contributed by atoms with Gasteiger partial charge in [-0.15, -0.1) is 0 Å². The Kier molecular flexibility index (Phi) is 5.57. The molecule has 0 saturated carbocycles. The zero-order valence-corrected chi connectivity index (χ0v) is 14.1. The van der Waals surface area contributed by atoms with Gasteiger partial charge in [-0.2, -0.15) is 0 Å². The Morgan fingerprint density at radius 1 is 1.14 bits per heavy atom. The number of amides is 2. The molecule has 0 heterocycles. The van der Waals surface area contributed by atoms with E-state index in [-0.39, 0.29) is 5.91 Å². The average Bonchev–Trinajstić information content (AvgIpc) is 2.50. The minimum absolute atomic E-state index is 0.300. The van der Waals surface area contributed by atoms with Gasteiger partial charge in [0.1, 0.15) is 6.04 Å². The summed E-state index contributed by atoms with van der Waals surface area (Å²) in [5.41, 5.74) is 0.990. The third-order valence-electron chi connectivity index (χ3n) is 2.96. The fraction of sp³-hybridized carbons (Fsp3) is 0.125. The van der Waals surface area contributed by atoms with Crippen molar-refractivity contribution >= 4 is 45.0 Å². The first-order chi connectivity index (χ1) is 10.5. The van der Waals surface area contributed by atoms with Gasteiger partial charge in [0, 0.05) is 10.2 Å². The molecule has 0 aliphatic carbocycles. The van der Waals surface area contributed by atoms with Crippen molar-refractivity contribution in [1.29, 1.82) is 0 Å². The highest BCUT2D eigenvalue weighted by molar-refractivity contribution is 9.10. The smallest absolute Gasteiger partial charge is 0.253 e. The second kappa shape index (κ2) is 7.42. The summed E-state index contributed by atoms with van der Waals surface area (Å²) in [5, 5.41) is 5.69. The molecule has 6 heteroatoms. The van der Waals surface area contributed by atoms with Crippen molar-refractivity contribution in [2.24, 2.45) is 0 Å². The maximum atomic E-state index is 12.2. The molecule has 0 saturated heterocycles. The Hall–Kier alpha value is -1.85. The molecule has 0 aliphatic rings. The third kappa shape index (κ3) is 4.32. The quantitative estimate of drug-likeness (QED) is 0.845. The number of anilines is 1. The molecule has 0 fully saturated rings. The van der Waals surface area contributed by atoms with E-state index in [4.69, 9.17) is 11.6 Å². The van der Waals surface area contributed by atoms with E-state index in [1.165, 1.54) is 0 Å². The predicted octanol–water partition coefficient (Wildman–Crippen LogP) is 3.86. The molecule has 0 aliphatic heterocycles. The van der Waals surface area contributed by atoms with Crippen molar-refractivity contribution in [3.05, 3.63) is 63.6 Å². The molecule has 2 N–H and O–H groups in total. The fourth-order valence-electron chi connectivity index (χ4n) is 1.78. The number of nitrogens with one attached hydrogen (secondary N) is 2. The van der Waals surface area contributed by atoms with Crippen molar-refractivity contribution in [3.63, 3.8) is 0 Å². The van der Waals surface area contributed by atoms with Crippen molar-refractivity contribution in [2.75, 3.05) is 5.32 Å². The number of carbonyl (C=O) groups is 2. The summed E-state index contributed by atoms with van der Waals surface area (Å²) in [4.78, 5) is 24.3. The van der Waals surface area contributed by atoms with E-state index in [1.54, 1.807) is 37.3 Å². The van der Waals surface area contributed by atoms with Crippen LogP contribution in [0.1, 0.15) is 17.3 Å². The van der Waals surface area contributed by atoms with Crippen molar-refractivity contribution in [2.45, 2.75) is 13.0 Å². The second-order valence-corrected chi connectivity index (χ2v) is 6.00. The molecule has 2 aromatic rings. The highest BCUT2D eigenvalue weighted by atomic mass is 79.9. The summed E-state index contributed by atoms with van der Waals surface area (Å²) in [6, 6.07) is 13.3. The van der Waals surface area contributed by atoms with E-state index >= 15 is 0 Å². The molecule has 0 radical (unpaired) electrons. The Morgan fingerprint density at radius 3 is 2.50 bits per heavy atom. The van der Waals surface area contributed by atoms with Crippen LogP contribution < -0.4 is 10.6 Å². The summed E-state index contributed by atoms with van der Waals surface area (Å²) in [6.45, 7) is 1.61. The van der Waals surface area contributed by atoms with Gasteiger partial charge in [-0.25, -0.2) is 0 Å². The zero-order chi connectivity index (χ0) is 16.1. The second-order valence-electron chi connectivity index (χ2n) is 4.67. The Bertz CT molecular complexity index is 692. The summed E-state index contributed by atoms with van der Waals surface area (Å²) >= 11 is 9.29. The van der Waals surface area contributed by atoms with E-state index in [0.29, 0.717) is 16.3 Å². The van der Waals surface area contributed by atoms with Gasteiger partial charge in [0.2, 0.25) is 5.91 Å². The molecule has 114 valence electrons. The lowest BCUT2D eigenvalue weighted by atomic mass is 10.2. The maximum Gasteiger partial charge on any atom is 0.253 e. The number of para-hydroxylation sites is 1. The van der Waals surface area contributed by atoms with E-state index in [1.807, 2.05) is 18.2 Å². The number of carbonyl (C=O) groups excluding carboxylic acids is 2. The molecule has 2 amide bonds. The first kappa shape index (κ1) is 16.5. The van der Waals surface area contributed by atoms with Crippen LogP contribution in [0.15, 0.2) is 53.0 Å². The van der Waals surface area contributed by atoms with Crippen LogP contribution >= 0.6 is 27.5 Å². The summed E-state index contributed by atoms with van der Waals surface area (Å²) in [6.07, 6.45) is 0. The lowest BCUT2D eigenvalue weighted by Crippen LogP contribution is -2.41. The summed E-state index contributed by atoms with van der Waals surface area (Å²) in [7, 11) is 0. The average molecular weight is 382 g/mol. The molecule has 4 nitrogen and oxygen atoms in total. The van der Waals surface area contributed by atoms with Crippen LogP contribution in [0.3, 0.4) is 0 Å². The van der Waals surface area contributed by atoms with Crippen molar-refractivity contribution in [3.8, 4) is 0 Å². The van der Waals surface area contributed by atoms with E-state index in [2.05, 4.69) is 26.6 Å². The van der Waals surface area contributed by atoms with Crippen molar-refractivity contribution in [1.82, 2.24) is 5.32 Å². The van der Waals surface area contributed by atoms with Gasteiger partial charge in [0.25, 0.3) is 5.91 Å². The third-order valence-corrected chi connectivity index (χ3v) is 3.78. The largest absolute Gasteiger partial charge is 0.340 e. The number of hydrogen-bond acceptors (Lipinski definition) is 2. The monoisotopic (exact) mass is 380 g/mol. The van der Waals surface area contributed by atoms with Crippen LogP contribution in [-0.2, 0) is 4.79 Å². The molecule has 2 rings (SSSR count). The minimum Gasteiger partial charge on any atom is -0.340 e. The molecule has 1 unspecified atom stereocenters. The Morgan fingerprint density at radius 2 is 1.82 bits per heavy atom. The van der Waals surface area contributed by atoms with E-state index in [0.717, 1.165) is 4.47 Å². The van der Waals surface area contributed by atoms with E-state index in [9.17, 15) is 9.59 Å². The first-order valence-corrected chi connectivity index (χ1v) is 7.76. The van der Waals surface area contributed by atoms with Crippen LogP contribution in [-0.4, -0.2) is 17.9 Å². The molecule has 0 spiro atoms. The van der Waals surface area contributed by atoms with Gasteiger partial charge >= 0.3 is 0 Å². The predicted molar refractivity (Wildman–Crippen MR) is 91.2 cm³/mol. The minimum atomic E-state index is -0.692. The number of benzene rings is 2. The standard InChI is InChI=1S/C16H14BrClN2O2/c1-10(15(21)20-12-5-3-2-4-6-12)19-16(22)13-9-11(17)7-8-14(13)18/h2-10H,1H3,(H,19,22)(H,20,21). The van der Waals surface area contributed by atoms with Gasteiger partial charge in [-0.1, -0.05) is 45.7 Å². The molecule has 0 aromatic heterocycles. The normalized spacial score (nSPS) is 11.6. The van der Waals surface area contributed by atoms with Gasteiger partial charge in [-0.3, -0.25) is 9.59 Å². The Labute approximate surface area is 142 Å².